The number of likely N-dealkylation sites (N-methyl/N-ethyl adjacent to an activating group) is 1. The van der Waals surface area contributed by atoms with E-state index in [9.17, 15) is 14.4 Å². The second kappa shape index (κ2) is 6.83. The predicted octanol–water partition coefficient (Wildman–Crippen LogP) is -0.0217. The van der Waals surface area contributed by atoms with Crippen molar-refractivity contribution >= 4 is 29.1 Å². The molecular formula is C11H15N3O4S. The van der Waals surface area contributed by atoms with Crippen LogP contribution >= 0.6 is 11.3 Å². The Labute approximate surface area is 114 Å². The van der Waals surface area contributed by atoms with Crippen LogP contribution in [0.3, 0.4) is 0 Å². The van der Waals surface area contributed by atoms with Crippen molar-refractivity contribution in [3.8, 4) is 0 Å². The lowest BCUT2D eigenvalue weighted by Gasteiger charge is -2.13. The molecule has 0 unspecified atom stereocenters. The number of aromatic nitrogens is 1. The Bertz CT molecular complexity index is 486. The van der Waals surface area contributed by atoms with Gasteiger partial charge in [-0.15, -0.1) is 11.3 Å². The second-order valence-corrected chi connectivity index (χ2v) is 4.85. The van der Waals surface area contributed by atoms with Crippen LogP contribution in [-0.2, 0) is 16.0 Å². The minimum atomic E-state index is -1.06. The first kappa shape index (κ1) is 15.1. The van der Waals surface area contributed by atoms with Gasteiger partial charge in [-0.25, -0.2) is 9.78 Å². The van der Waals surface area contributed by atoms with Crippen LogP contribution in [-0.4, -0.2) is 52.9 Å². The van der Waals surface area contributed by atoms with Crippen LogP contribution in [0.4, 0.5) is 0 Å². The van der Waals surface area contributed by atoms with E-state index >= 15 is 0 Å². The maximum absolute atomic E-state index is 11.4. The number of carbonyl (C=O) groups is 3. The van der Waals surface area contributed by atoms with E-state index in [-0.39, 0.29) is 24.1 Å². The SMILES string of the molecule is CC(=O)N(C)CC(=O)NCCc1nc(C(=O)O)cs1. The standard InChI is InChI=1S/C11H15N3O4S/c1-7(15)14(2)5-9(16)12-4-3-10-13-8(6-19-10)11(17)18/h6H,3-5H2,1-2H3,(H,12,16)(H,17,18). The molecule has 104 valence electrons. The molecule has 0 radical (unpaired) electrons. The molecule has 8 heteroatoms. The molecule has 0 bridgehead atoms. The molecule has 19 heavy (non-hydrogen) atoms. The Hall–Kier alpha value is -1.96. The molecule has 0 saturated carbocycles. The van der Waals surface area contributed by atoms with Crippen LogP contribution in [0.2, 0.25) is 0 Å². The van der Waals surface area contributed by atoms with Gasteiger partial charge in [0.1, 0.15) is 0 Å². The van der Waals surface area contributed by atoms with E-state index in [0.29, 0.717) is 18.0 Å². The summed E-state index contributed by atoms with van der Waals surface area (Å²) in [4.78, 5) is 38.2. The lowest BCUT2D eigenvalue weighted by molar-refractivity contribution is -0.133. The molecule has 0 aliphatic carbocycles. The summed E-state index contributed by atoms with van der Waals surface area (Å²) in [7, 11) is 1.54. The zero-order valence-corrected chi connectivity index (χ0v) is 11.5. The number of amides is 2. The van der Waals surface area contributed by atoms with E-state index in [0.717, 1.165) is 0 Å². The van der Waals surface area contributed by atoms with E-state index < -0.39 is 5.97 Å². The van der Waals surface area contributed by atoms with Gasteiger partial charge in [0.15, 0.2) is 5.69 Å². The molecule has 0 aliphatic heterocycles. The van der Waals surface area contributed by atoms with Crippen LogP contribution in [0.25, 0.3) is 0 Å². The largest absolute Gasteiger partial charge is 0.476 e. The van der Waals surface area contributed by atoms with Crippen LogP contribution in [0.15, 0.2) is 5.38 Å². The molecule has 2 N–H and O–H groups in total. The monoisotopic (exact) mass is 285 g/mol. The fraction of sp³-hybridized carbons (Fsp3) is 0.455. The lowest BCUT2D eigenvalue weighted by Crippen LogP contribution is -2.38. The van der Waals surface area contributed by atoms with E-state index in [2.05, 4.69) is 10.3 Å². The smallest absolute Gasteiger partial charge is 0.355 e. The molecule has 0 spiro atoms. The Morgan fingerprint density at radius 2 is 2.16 bits per heavy atom. The molecule has 1 aromatic heterocycles. The Morgan fingerprint density at radius 1 is 1.47 bits per heavy atom. The topological polar surface area (TPSA) is 99.6 Å². The molecule has 1 aromatic rings. The zero-order valence-electron chi connectivity index (χ0n) is 10.7. The van der Waals surface area contributed by atoms with Gasteiger partial charge in [-0.05, 0) is 0 Å². The van der Waals surface area contributed by atoms with E-state index in [4.69, 9.17) is 5.11 Å². The number of hydrogen-bond acceptors (Lipinski definition) is 5. The normalized spacial score (nSPS) is 10.0. The van der Waals surface area contributed by atoms with Crippen molar-refractivity contribution in [1.82, 2.24) is 15.2 Å². The summed E-state index contributed by atoms with van der Waals surface area (Å²) in [5.41, 5.74) is 0.0163. The molecule has 0 fully saturated rings. The van der Waals surface area contributed by atoms with Crippen molar-refractivity contribution in [3.05, 3.63) is 16.1 Å². The van der Waals surface area contributed by atoms with Gasteiger partial charge in [-0.2, -0.15) is 0 Å². The summed E-state index contributed by atoms with van der Waals surface area (Å²) < 4.78 is 0. The van der Waals surface area contributed by atoms with Crippen LogP contribution in [0.5, 0.6) is 0 Å². The first-order valence-corrected chi connectivity index (χ1v) is 6.44. The number of hydrogen-bond donors (Lipinski definition) is 2. The highest BCUT2D eigenvalue weighted by atomic mass is 32.1. The maximum Gasteiger partial charge on any atom is 0.355 e. The molecular weight excluding hydrogens is 270 g/mol. The number of aromatic carboxylic acids is 1. The van der Waals surface area contributed by atoms with Gasteiger partial charge < -0.3 is 15.3 Å². The van der Waals surface area contributed by atoms with Crippen molar-refractivity contribution < 1.29 is 19.5 Å². The second-order valence-electron chi connectivity index (χ2n) is 3.91. The van der Waals surface area contributed by atoms with Crippen LogP contribution in [0.1, 0.15) is 22.4 Å². The third-order valence-electron chi connectivity index (χ3n) is 2.35. The van der Waals surface area contributed by atoms with E-state index in [1.807, 2.05) is 0 Å². The van der Waals surface area contributed by atoms with Gasteiger partial charge in [-0.3, -0.25) is 9.59 Å². The van der Waals surface area contributed by atoms with Crippen molar-refractivity contribution in [3.63, 3.8) is 0 Å². The lowest BCUT2D eigenvalue weighted by atomic mass is 10.4. The summed E-state index contributed by atoms with van der Waals surface area (Å²) in [6, 6.07) is 0. The Balaban J connectivity index is 2.31. The molecule has 0 saturated heterocycles. The molecule has 1 rings (SSSR count). The molecule has 0 aromatic carbocycles. The van der Waals surface area contributed by atoms with Gasteiger partial charge in [-0.1, -0.05) is 0 Å². The Kier molecular flexibility index (Phi) is 5.43. The first-order valence-electron chi connectivity index (χ1n) is 5.56. The number of nitrogens with one attached hydrogen (secondary N) is 1. The molecule has 1 heterocycles. The van der Waals surface area contributed by atoms with Crippen LogP contribution < -0.4 is 5.32 Å². The van der Waals surface area contributed by atoms with Gasteiger partial charge in [0.2, 0.25) is 11.8 Å². The zero-order chi connectivity index (χ0) is 14.4. The fourth-order valence-electron chi connectivity index (χ4n) is 1.22. The van der Waals surface area contributed by atoms with E-state index in [1.54, 1.807) is 7.05 Å². The minimum absolute atomic E-state index is 0.00752. The van der Waals surface area contributed by atoms with Gasteiger partial charge in [0, 0.05) is 32.3 Å². The maximum atomic E-state index is 11.4. The number of carboxylic acid groups (broad SMARTS) is 1. The summed E-state index contributed by atoms with van der Waals surface area (Å²) in [5.74, 6) is -1.50. The highest BCUT2D eigenvalue weighted by molar-refractivity contribution is 7.09. The number of rotatable bonds is 6. The predicted molar refractivity (Wildman–Crippen MR) is 69.1 cm³/mol. The molecule has 2 amide bonds. The third kappa shape index (κ3) is 5.04. The van der Waals surface area contributed by atoms with Gasteiger partial charge >= 0.3 is 5.97 Å². The van der Waals surface area contributed by atoms with Gasteiger partial charge in [0.05, 0.1) is 11.6 Å². The average molecular weight is 285 g/mol. The number of carboxylic acids is 1. The molecule has 0 atom stereocenters. The third-order valence-corrected chi connectivity index (χ3v) is 3.26. The van der Waals surface area contributed by atoms with Crippen molar-refractivity contribution in [1.29, 1.82) is 0 Å². The average Bonchev–Trinajstić information content (AvgIpc) is 2.77. The highest BCUT2D eigenvalue weighted by Crippen LogP contribution is 2.09. The van der Waals surface area contributed by atoms with Crippen LogP contribution in [0, 0.1) is 0 Å². The number of thiazole rings is 1. The molecule has 7 nitrogen and oxygen atoms in total. The summed E-state index contributed by atoms with van der Waals surface area (Å²) in [6.07, 6.45) is 0.466. The van der Waals surface area contributed by atoms with E-state index in [1.165, 1.54) is 28.5 Å². The quantitative estimate of drug-likeness (QED) is 0.765. The summed E-state index contributed by atoms with van der Waals surface area (Å²) in [5, 5.41) is 13.5. The van der Waals surface area contributed by atoms with Gasteiger partial charge in [0.25, 0.3) is 0 Å². The van der Waals surface area contributed by atoms with Crippen molar-refractivity contribution in [2.24, 2.45) is 0 Å². The summed E-state index contributed by atoms with van der Waals surface area (Å²) in [6.45, 7) is 1.75. The Morgan fingerprint density at radius 3 is 2.68 bits per heavy atom. The first-order chi connectivity index (χ1) is 8.90. The van der Waals surface area contributed by atoms with Crippen molar-refractivity contribution in [2.75, 3.05) is 20.1 Å². The van der Waals surface area contributed by atoms with Crippen molar-refractivity contribution in [2.45, 2.75) is 13.3 Å². The highest BCUT2D eigenvalue weighted by Gasteiger charge is 2.10. The fourth-order valence-corrected chi connectivity index (χ4v) is 1.99. The number of nitrogens with zero attached hydrogens (tertiary/aromatic N) is 2. The summed E-state index contributed by atoms with van der Waals surface area (Å²) >= 11 is 1.24. The molecule has 0 aliphatic rings. The number of carbonyl (C=O) groups excluding carboxylic acids is 2. The minimum Gasteiger partial charge on any atom is -0.476 e.